The fraction of sp³-hybridized carbons (Fsp3) is 0.333. The van der Waals surface area contributed by atoms with E-state index in [4.69, 9.17) is 15.3 Å². The minimum Gasteiger partial charge on any atom is -0.605 e. The van der Waals surface area contributed by atoms with Gasteiger partial charge in [-0.05, 0) is 6.08 Å². The molecule has 0 fully saturated rings. The standard InChI is InChI=1S/C6H10OS2.HNO3/c1-3-5-8-9(7)6-4-2;2-1(3)4/h3-4H,1-2,5-6H2;(H,2,3,4). The molecule has 13 heavy (non-hydrogen) atoms. The molecule has 0 amide bonds. The highest BCUT2D eigenvalue weighted by Crippen LogP contribution is 2.12. The van der Waals surface area contributed by atoms with Gasteiger partial charge in [-0.2, -0.15) is 0 Å². The van der Waals surface area contributed by atoms with E-state index < -0.39 is 15.3 Å². The SMILES string of the molecule is C=CCS[S+]([O-])CC=C.O=[N+]([O-])O. The Morgan fingerprint density at radius 1 is 1.54 bits per heavy atom. The molecule has 5 nitrogen and oxygen atoms in total. The molecule has 0 radical (unpaired) electrons. The molecule has 1 unspecified atom stereocenters. The topological polar surface area (TPSA) is 86.4 Å². The Balaban J connectivity index is 0. The van der Waals surface area contributed by atoms with E-state index in [2.05, 4.69) is 13.2 Å². The first-order valence-electron chi connectivity index (χ1n) is 3.11. The van der Waals surface area contributed by atoms with Gasteiger partial charge < -0.3 is 9.76 Å². The maximum Gasteiger partial charge on any atom is 0.291 e. The second-order valence-corrected chi connectivity index (χ2v) is 4.90. The zero-order valence-corrected chi connectivity index (χ0v) is 8.55. The third-order valence-corrected chi connectivity index (χ3v) is 3.32. The molecule has 0 aliphatic carbocycles. The summed E-state index contributed by atoms with van der Waals surface area (Å²) in [5, 5.41) is 13.6. The van der Waals surface area contributed by atoms with Gasteiger partial charge in [-0.1, -0.05) is 12.7 Å². The van der Waals surface area contributed by atoms with Crippen LogP contribution in [-0.4, -0.2) is 26.4 Å². The van der Waals surface area contributed by atoms with Crippen molar-refractivity contribution < 1.29 is 14.8 Å². The maximum absolute atomic E-state index is 10.8. The first-order chi connectivity index (χ1) is 6.04. The Labute approximate surface area is 83.2 Å². The first kappa shape index (κ1) is 14.8. The van der Waals surface area contributed by atoms with Crippen LogP contribution in [0.25, 0.3) is 0 Å². The summed E-state index contributed by atoms with van der Waals surface area (Å²) in [5.74, 6) is 1.32. The summed E-state index contributed by atoms with van der Waals surface area (Å²) in [6.45, 7) is 6.99. The van der Waals surface area contributed by atoms with Gasteiger partial charge in [0.25, 0.3) is 5.09 Å². The molecule has 76 valence electrons. The average molecular weight is 225 g/mol. The van der Waals surface area contributed by atoms with Crippen LogP contribution in [0.3, 0.4) is 0 Å². The Kier molecular flexibility index (Phi) is 12.9. The summed E-state index contributed by atoms with van der Waals surface area (Å²) in [6, 6.07) is 0. The number of nitrogens with zero attached hydrogens (tertiary/aromatic N) is 1. The number of hydrogen-bond donors (Lipinski definition) is 1. The van der Waals surface area contributed by atoms with Crippen molar-refractivity contribution in [1.82, 2.24) is 0 Å². The summed E-state index contributed by atoms with van der Waals surface area (Å²) in [5.41, 5.74) is 0. The molecule has 0 saturated heterocycles. The number of hydrogen-bond acceptors (Lipinski definition) is 4. The lowest BCUT2D eigenvalue weighted by molar-refractivity contribution is -0.742. The van der Waals surface area contributed by atoms with E-state index in [1.807, 2.05) is 0 Å². The van der Waals surface area contributed by atoms with Crippen LogP contribution in [0.4, 0.5) is 0 Å². The van der Waals surface area contributed by atoms with Crippen molar-refractivity contribution in [3.05, 3.63) is 35.4 Å². The summed E-state index contributed by atoms with van der Waals surface area (Å²) < 4.78 is 10.8. The van der Waals surface area contributed by atoms with Gasteiger partial charge in [0, 0.05) is 10.2 Å². The highest BCUT2D eigenvalue weighted by Gasteiger charge is 2.01. The molecule has 0 aliphatic heterocycles. The van der Waals surface area contributed by atoms with Crippen LogP contribution in [0.5, 0.6) is 0 Å². The summed E-state index contributed by atoms with van der Waals surface area (Å²) in [7, 11) is 0.591. The monoisotopic (exact) mass is 225 g/mol. The fourth-order valence-electron chi connectivity index (χ4n) is 0.268. The molecule has 0 spiro atoms. The summed E-state index contributed by atoms with van der Waals surface area (Å²) >= 11 is 0. The second-order valence-electron chi connectivity index (χ2n) is 1.57. The minimum absolute atomic E-state index is 0.568. The molecular weight excluding hydrogens is 214 g/mol. The van der Waals surface area contributed by atoms with Crippen LogP contribution in [0, 0.1) is 10.1 Å². The highest BCUT2D eigenvalue weighted by molar-refractivity contribution is 8.72. The van der Waals surface area contributed by atoms with E-state index in [0.29, 0.717) is 5.75 Å². The molecule has 7 heteroatoms. The van der Waals surface area contributed by atoms with Crippen LogP contribution < -0.4 is 0 Å². The van der Waals surface area contributed by atoms with E-state index in [1.54, 1.807) is 12.2 Å². The van der Waals surface area contributed by atoms with E-state index in [0.717, 1.165) is 5.75 Å². The smallest absolute Gasteiger partial charge is 0.291 e. The Hall–Kier alpha value is -0.660. The molecule has 0 aromatic rings. The lowest BCUT2D eigenvalue weighted by Gasteiger charge is -2.02. The van der Waals surface area contributed by atoms with Crippen molar-refractivity contribution in [3.8, 4) is 0 Å². The predicted octanol–water partition coefficient (Wildman–Crippen LogP) is 1.41. The quantitative estimate of drug-likeness (QED) is 0.251. The van der Waals surface area contributed by atoms with Crippen LogP contribution in [-0.2, 0) is 10.2 Å². The number of rotatable bonds is 5. The first-order valence-corrected chi connectivity index (χ1v) is 5.93. The molecule has 0 aliphatic rings. The second kappa shape index (κ2) is 11.3. The normalized spacial score (nSPS) is 10.5. The van der Waals surface area contributed by atoms with Crippen LogP contribution in [0.15, 0.2) is 25.3 Å². The predicted molar refractivity (Wildman–Crippen MR) is 54.6 cm³/mol. The van der Waals surface area contributed by atoms with Gasteiger partial charge in [0.2, 0.25) is 0 Å². The van der Waals surface area contributed by atoms with Gasteiger partial charge in [0.05, 0.1) is 16.5 Å². The molecule has 0 heterocycles. The molecule has 0 aromatic carbocycles. The van der Waals surface area contributed by atoms with Crippen molar-refractivity contribution in [3.63, 3.8) is 0 Å². The fourth-order valence-corrected chi connectivity index (χ4v) is 2.13. The Morgan fingerprint density at radius 2 is 2.00 bits per heavy atom. The van der Waals surface area contributed by atoms with Crippen molar-refractivity contribution in [2.75, 3.05) is 11.5 Å². The van der Waals surface area contributed by atoms with Crippen LogP contribution in [0.2, 0.25) is 0 Å². The van der Waals surface area contributed by atoms with E-state index in [1.165, 1.54) is 10.8 Å². The van der Waals surface area contributed by atoms with Gasteiger partial charge in [-0.25, -0.2) is 0 Å². The van der Waals surface area contributed by atoms with Crippen molar-refractivity contribution in [2.24, 2.45) is 0 Å². The summed E-state index contributed by atoms with van der Waals surface area (Å²) in [6.07, 6.45) is 3.40. The third-order valence-electron chi connectivity index (χ3n) is 0.571. The van der Waals surface area contributed by atoms with Crippen LogP contribution >= 0.6 is 10.8 Å². The molecule has 0 aromatic heterocycles. The highest BCUT2D eigenvalue weighted by atomic mass is 33.1. The minimum atomic E-state index is -1.50. The van der Waals surface area contributed by atoms with Gasteiger partial charge in [0.15, 0.2) is 0 Å². The van der Waals surface area contributed by atoms with Crippen molar-refractivity contribution in [2.45, 2.75) is 0 Å². The van der Waals surface area contributed by atoms with Crippen molar-refractivity contribution in [1.29, 1.82) is 0 Å². The lowest BCUT2D eigenvalue weighted by Crippen LogP contribution is -1.97. The van der Waals surface area contributed by atoms with E-state index >= 15 is 0 Å². The Morgan fingerprint density at radius 3 is 2.31 bits per heavy atom. The zero-order valence-electron chi connectivity index (χ0n) is 6.92. The summed E-state index contributed by atoms with van der Waals surface area (Å²) in [4.78, 5) is 8.36. The van der Waals surface area contributed by atoms with Gasteiger partial charge in [-0.15, -0.1) is 16.7 Å². The average Bonchev–Trinajstić information content (AvgIpc) is 2.00. The third kappa shape index (κ3) is 24.6. The Bertz CT molecular complexity index is 161. The maximum atomic E-state index is 10.8. The molecular formula is C6H11NO4S2. The lowest BCUT2D eigenvalue weighted by atomic mass is 10.8. The largest absolute Gasteiger partial charge is 0.605 e. The molecule has 0 saturated carbocycles. The molecule has 0 rings (SSSR count). The van der Waals surface area contributed by atoms with E-state index in [9.17, 15) is 4.55 Å². The van der Waals surface area contributed by atoms with Gasteiger partial charge in [-0.3, -0.25) is 0 Å². The molecule has 0 bridgehead atoms. The molecule has 1 atom stereocenters. The zero-order chi connectivity index (χ0) is 10.7. The molecule has 1 N–H and O–H groups in total. The van der Waals surface area contributed by atoms with E-state index in [-0.39, 0.29) is 0 Å². The van der Waals surface area contributed by atoms with Crippen molar-refractivity contribution >= 4 is 21.0 Å². The van der Waals surface area contributed by atoms with Crippen LogP contribution in [0.1, 0.15) is 0 Å². The van der Waals surface area contributed by atoms with Gasteiger partial charge >= 0.3 is 0 Å². The van der Waals surface area contributed by atoms with Gasteiger partial charge in [0.1, 0.15) is 5.75 Å².